The highest BCUT2D eigenvalue weighted by molar-refractivity contribution is 5.32. The summed E-state index contributed by atoms with van der Waals surface area (Å²) in [6.07, 6.45) is 10.6. The summed E-state index contributed by atoms with van der Waals surface area (Å²) in [6, 6.07) is 0. The summed E-state index contributed by atoms with van der Waals surface area (Å²) in [5, 5.41) is 0. The van der Waals surface area contributed by atoms with Crippen LogP contribution in [-0.4, -0.2) is 6.17 Å². The molecule has 0 aromatic rings. The minimum absolute atomic E-state index is 0.182. The van der Waals surface area contributed by atoms with Crippen molar-refractivity contribution in [1.82, 2.24) is 0 Å². The number of halogens is 2. The summed E-state index contributed by atoms with van der Waals surface area (Å²) in [5.74, 6) is 0.801. The zero-order valence-corrected chi connectivity index (χ0v) is 10.9. The van der Waals surface area contributed by atoms with Gasteiger partial charge < -0.3 is 0 Å². The van der Waals surface area contributed by atoms with Gasteiger partial charge in [-0.05, 0) is 68.1 Å². The van der Waals surface area contributed by atoms with Gasteiger partial charge in [-0.1, -0.05) is 6.08 Å². The second-order valence-corrected chi connectivity index (χ2v) is 5.51. The SMILES string of the molecule is C=CCCC1CCC(C2=CC(F)CC=C2F)CC1. The lowest BCUT2D eigenvalue weighted by Gasteiger charge is -2.30. The van der Waals surface area contributed by atoms with Crippen LogP contribution >= 0.6 is 0 Å². The van der Waals surface area contributed by atoms with E-state index in [2.05, 4.69) is 6.58 Å². The molecule has 0 bridgehead atoms. The highest BCUT2D eigenvalue weighted by atomic mass is 19.1. The molecule has 0 N–H and O–H groups in total. The van der Waals surface area contributed by atoms with E-state index in [0.29, 0.717) is 5.57 Å². The van der Waals surface area contributed by atoms with Crippen LogP contribution in [0.5, 0.6) is 0 Å². The van der Waals surface area contributed by atoms with Crippen molar-refractivity contribution in [1.29, 1.82) is 0 Å². The van der Waals surface area contributed by atoms with Gasteiger partial charge in [-0.25, -0.2) is 8.78 Å². The van der Waals surface area contributed by atoms with Gasteiger partial charge in [-0.15, -0.1) is 6.58 Å². The lowest BCUT2D eigenvalue weighted by molar-refractivity contribution is 0.282. The first-order valence-electron chi connectivity index (χ1n) is 7.03. The molecule has 1 saturated carbocycles. The first kappa shape index (κ1) is 13.5. The van der Waals surface area contributed by atoms with Gasteiger partial charge in [0.15, 0.2) is 0 Å². The highest BCUT2D eigenvalue weighted by Crippen LogP contribution is 2.39. The molecule has 2 rings (SSSR count). The fourth-order valence-electron chi connectivity index (χ4n) is 3.12. The Balaban J connectivity index is 1.89. The minimum Gasteiger partial charge on any atom is -0.243 e. The Morgan fingerprint density at radius 3 is 2.67 bits per heavy atom. The van der Waals surface area contributed by atoms with E-state index in [0.717, 1.165) is 38.0 Å². The Morgan fingerprint density at radius 2 is 2.00 bits per heavy atom. The number of alkyl halides is 1. The van der Waals surface area contributed by atoms with Gasteiger partial charge in [0.25, 0.3) is 0 Å². The van der Waals surface area contributed by atoms with Gasteiger partial charge in [-0.2, -0.15) is 0 Å². The van der Waals surface area contributed by atoms with Gasteiger partial charge in [0, 0.05) is 6.42 Å². The van der Waals surface area contributed by atoms with Crippen molar-refractivity contribution < 1.29 is 8.78 Å². The summed E-state index contributed by atoms with van der Waals surface area (Å²) in [6.45, 7) is 3.74. The van der Waals surface area contributed by atoms with Crippen molar-refractivity contribution in [2.45, 2.75) is 51.1 Å². The summed E-state index contributed by atoms with van der Waals surface area (Å²) in [5.41, 5.74) is 0.635. The number of rotatable bonds is 4. The lowest BCUT2D eigenvalue weighted by atomic mass is 9.75. The van der Waals surface area contributed by atoms with Crippen LogP contribution in [0.4, 0.5) is 8.78 Å². The smallest absolute Gasteiger partial charge is 0.122 e. The van der Waals surface area contributed by atoms with Crippen LogP contribution in [0.15, 0.2) is 36.2 Å². The van der Waals surface area contributed by atoms with E-state index in [9.17, 15) is 8.78 Å². The third-order valence-electron chi connectivity index (χ3n) is 4.22. The van der Waals surface area contributed by atoms with Gasteiger partial charge in [0.05, 0.1) is 0 Å². The number of hydrogen-bond acceptors (Lipinski definition) is 0. The molecule has 0 saturated heterocycles. The zero-order valence-electron chi connectivity index (χ0n) is 10.9. The predicted molar refractivity (Wildman–Crippen MR) is 71.7 cm³/mol. The minimum atomic E-state index is -0.988. The molecule has 0 aromatic carbocycles. The average Bonchev–Trinajstić information content (AvgIpc) is 2.40. The molecular weight excluding hydrogens is 230 g/mol. The molecular formula is C16H22F2. The second-order valence-electron chi connectivity index (χ2n) is 5.51. The predicted octanol–water partition coefficient (Wildman–Crippen LogP) is 5.28. The molecule has 1 atom stereocenters. The maximum Gasteiger partial charge on any atom is 0.122 e. The first-order chi connectivity index (χ1) is 8.70. The summed E-state index contributed by atoms with van der Waals surface area (Å²) in [4.78, 5) is 0. The van der Waals surface area contributed by atoms with E-state index >= 15 is 0 Å². The van der Waals surface area contributed by atoms with Crippen LogP contribution in [0.2, 0.25) is 0 Å². The van der Waals surface area contributed by atoms with Crippen LogP contribution in [0.25, 0.3) is 0 Å². The summed E-state index contributed by atoms with van der Waals surface area (Å²) < 4.78 is 27.0. The van der Waals surface area contributed by atoms with Crippen molar-refractivity contribution in [2.24, 2.45) is 11.8 Å². The fourth-order valence-corrected chi connectivity index (χ4v) is 3.12. The van der Waals surface area contributed by atoms with E-state index in [-0.39, 0.29) is 18.2 Å². The van der Waals surface area contributed by atoms with Crippen molar-refractivity contribution in [3.63, 3.8) is 0 Å². The Morgan fingerprint density at radius 1 is 1.28 bits per heavy atom. The Bertz CT molecular complexity index is 346. The van der Waals surface area contributed by atoms with E-state index in [1.165, 1.54) is 18.6 Å². The molecule has 0 radical (unpaired) electrons. The molecule has 100 valence electrons. The summed E-state index contributed by atoms with van der Waals surface area (Å²) >= 11 is 0. The van der Waals surface area contributed by atoms with Crippen LogP contribution in [0.1, 0.15) is 44.9 Å². The molecule has 1 fully saturated rings. The normalized spacial score (nSPS) is 32.7. The van der Waals surface area contributed by atoms with Crippen molar-refractivity contribution >= 4 is 0 Å². The summed E-state index contributed by atoms with van der Waals surface area (Å²) in [7, 11) is 0. The molecule has 2 heteroatoms. The molecule has 0 amide bonds. The van der Waals surface area contributed by atoms with E-state index in [1.807, 2.05) is 6.08 Å². The molecule has 2 aliphatic rings. The van der Waals surface area contributed by atoms with Crippen LogP contribution in [-0.2, 0) is 0 Å². The Labute approximate surface area is 108 Å². The topological polar surface area (TPSA) is 0 Å². The quantitative estimate of drug-likeness (QED) is 0.597. The molecule has 0 aliphatic heterocycles. The van der Waals surface area contributed by atoms with Crippen molar-refractivity contribution in [3.8, 4) is 0 Å². The molecule has 18 heavy (non-hydrogen) atoms. The van der Waals surface area contributed by atoms with Gasteiger partial charge >= 0.3 is 0 Å². The van der Waals surface area contributed by atoms with E-state index < -0.39 is 6.17 Å². The standard InChI is InChI=1S/C16H22F2/c1-2-3-4-12-5-7-13(8-6-12)15-11-14(17)9-10-16(15)18/h2,10-14H,1,3-9H2. The monoisotopic (exact) mass is 252 g/mol. The Kier molecular flexibility index (Phi) is 4.73. The molecule has 0 nitrogen and oxygen atoms in total. The van der Waals surface area contributed by atoms with Gasteiger partial charge in [0.1, 0.15) is 12.0 Å². The highest BCUT2D eigenvalue weighted by Gasteiger charge is 2.27. The number of allylic oxidation sites excluding steroid dienone is 5. The average molecular weight is 252 g/mol. The largest absolute Gasteiger partial charge is 0.243 e. The first-order valence-corrected chi connectivity index (χ1v) is 7.03. The lowest BCUT2D eigenvalue weighted by Crippen LogP contribution is -2.18. The third kappa shape index (κ3) is 3.30. The molecule has 0 aromatic heterocycles. The molecule has 0 heterocycles. The van der Waals surface area contributed by atoms with Crippen LogP contribution in [0, 0.1) is 11.8 Å². The van der Waals surface area contributed by atoms with Gasteiger partial charge in [-0.3, -0.25) is 0 Å². The Hall–Kier alpha value is -0.920. The van der Waals surface area contributed by atoms with Crippen molar-refractivity contribution in [2.75, 3.05) is 0 Å². The van der Waals surface area contributed by atoms with Crippen LogP contribution < -0.4 is 0 Å². The van der Waals surface area contributed by atoms with E-state index in [4.69, 9.17) is 0 Å². The van der Waals surface area contributed by atoms with Crippen molar-refractivity contribution in [3.05, 3.63) is 36.2 Å². The number of hydrogen-bond donors (Lipinski definition) is 0. The third-order valence-corrected chi connectivity index (χ3v) is 4.22. The van der Waals surface area contributed by atoms with Crippen LogP contribution in [0.3, 0.4) is 0 Å². The molecule has 2 aliphatic carbocycles. The molecule has 0 spiro atoms. The van der Waals surface area contributed by atoms with Gasteiger partial charge in [0.2, 0.25) is 0 Å². The maximum atomic E-state index is 13.7. The molecule has 1 unspecified atom stereocenters. The fraction of sp³-hybridized carbons (Fsp3) is 0.625. The zero-order chi connectivity index (χ0) is 13.0. The maximum absolute atomic E-state index is 13.7. The van der Waals surface area contributed by atoms with E-state index in [1.54, 1.807) is 0 Å². The second kappa shape index (κ2) is 6.31.